The molecule has 6 heteroatoms. The number of rotatable bonds is 7. The number of amides is 1. The van der Waals surface area contributed by atoms with Gasteiger partial charge in [0.2, 0.25) is 5.91 Å². The number of hydrogen-bond donors (Lipinski definition) is 2. The van der Waals surface area contributed by atoms with Gasteiger partial charge in [-0.2, -0.15) is 0 Å². The highest BCUT2D eigenvalue weighted by Gasteiger charge is 2.12. The maximum Gasteiger partial charge on any atom is 0.234 e. The maximum absolute atomic E-state index is 11.8. The molecule has 5 nitrogen and oxygen atoms in total. The zero-order chi connectivity index (χ0) is 16.0. The second-order valence-electron chi connectivity index (χ2n) is 5.50. The number of aromatic hydroxyl groups is 1. The Kier molecular flexibility index (Phi) is 6.98. The molecule has 0 aliphatic rings. The molecule has 1 aromatic rings. The fourth-order valence-electron chi connectivity index (χ4n) is 1.86. The first-order chi connectivity index (χ1) is 9.83. The lowest BCUT2D eigenvalue weighted by Gasteiger charge is -2.18. The SMILES string of the molecule is COc1cc(CN(C)CC(=O)NCC(C)C)cc(Br)c1O. The van der Waals surface area contributed by atoms with E-state index in [0.717, 1.165) is 5.56 Å². The normalized spacial score (nSPS) is 11.0. The summed E-state index contributed by atoms with van der Waals surface area (Å²) in [6.07, 6.45) is 0. The first kappa shape index (κ1) is 17.8. The Morgan fingerprint density at radius 2 is 2.14 bits per heavy atom. The molecular formula is C15H23BrN2O3. The van der Waals surface area contributed by atoms with Crippen LogP contribution in [0.3, 0.4) is 0 Å². The van der Waals surface area contributed by atoms with Gasteiger partial charge in [0.15, 0.2) is 11.5 Å². The van der Waals surface area contributed by atoms with Crippen LogP contribution in [0.5, 0.6) is 11.5 Å². The van der Waals surface area contributed by atoms with Crippen LogP contribution >= 0.6 is 15.9 Å². The molecule has 1 amide bonds. The molecule has 0 heterocycles. The minimum absolute atomic E-state index is 0.0102. The van der Waals surface area contributed by atoms with Crippen molar-refractivity contribution in [2.24, 2.45) is 5.92 Å². The predicted molar refractivity (Wildman–Crippen MR) is 86.5 cm³/mol. The molecule has 0 saturated heterocycles. The molecule has 0 bridgehead atoms. The number of halogens is 1. The molecule has 0 unspecified atom stereocenters. The largest absolute Gasteiger partial charge is 0.503 e. The Labute approximate surface area is 134 Å². The summed E-state index contributed by atoms with van der Waals surface area (Å²) >= 11 is 3.29. The first-order valence-corrected chi connectivity index (χ1v) is 7.63. The smallest absolute Gasteiger partial charge is 0.234 e. The molecule has 0 aromatic heterocycles. The van der Waals surface area contributed by atoms with Gasteiger partial charge < -0.3 is 15.2 Å². The topological polar surface area (TPSA) is 61.8 Å². The number of nitrogens with one attached hydrogen (secondary N) is 1. The number of benzene rings is 1. The predicted octanol–water partition coefficient (Wildman–Crippen LogP) is 2.37. The molecule has 1 aromatic carbocycles. The van der Waals surface area contributed by atoms with Crippen molar-refractivity contribution in [3.05, 3.63) is 22.2 Å². The number of likely N-dealkylation sites (N-methyl/N-ethyl adjacent to an activating group) is 1. The van der Waals surface area contributed by atoms with E-state index in [-0.39, 0.29) is 11.7 Å². The third-order valence-electron chi connectivity index (χ3n) is 2.88. The molecule has 2 N–H and O–H groups in total. The second-order valence-corrected chi connectivity index (χ2v) is 6.35. The molecule has 0 aliphatic carbocycles. The molecule has 0 fully saturated rings. The van der Waals surface area contributed by atoms with E-state index in [1.54, 1.807) is 6.07 Å². The average Bonchev–Trinajstić information content (AvgIpc) is 2.40. The second kappa shape index (κ2) is 8.24. The third kappa shape index (κ3) is 5.93. The molecule has 0 saturated carbocycles. The van der Waals surface area contributed by atoms with Crippen molar-refractivity contribution in [2.45, 2.75) is 20.4 Å². The fraction of sp³-hybridized carbons (Fsp3) is 0.533. The van der Waals surface area contributed by atoms with Gasteiger partial charge >= 0.3 is 0 Å². The number of methoxy groups -OCH3 is 1. The summed E-state index contributed by atoms with van der Waals surface area (Å²) < 4.78 is 5.69. The fourth-order valence-corrected chi connectivity index (χ4v) is 2.35. The van der Waals surface area contributed by atoms with Gasteiger partial charge in [-0.1, -0.05) is 13.8 Å². The number of hydrogen-bond acceptors (Lipinski definition) is 4. The minimum Gasteiger partial charge on any atom is -0.503 e. The summed E-state index contributed by atoms with van der Waals surface area (Å²) in [5.74, 6) is 0.947. The van der Waals surface area contributed by atoms with Crippen LogP contribution in [0.4, 0.5) is 0 Å². The van der Waals surface area contributed by atoms with Crippen LogP contribution in [0, 0.1) is 5.92 Å². The van der Waals surface area contributed by atoms with Crippen molar-refractivity contribution < 1.29 is 14.6 Å². The minimum atomic E-state index is 0.0102. The van der Waals surface area contributed by atoms with E-state index in [9.17, 15) is 9.90 Å². The third-order valence-corrected chi connectivity index (χ3v) is 3.49. The van der Waals surface area contributed by atoms with Gasteiger partial charge in [-0.3, -0.25) is 9.69 Å². The summed E-state index contributed by atoms with van der Waals surface area (Å²) in [7, 11) is 3.39. The summed E-state index contributed by atoms with van der Waals surface area (Å²) in [5.41, 5.74) is 0.954. The molecule has 118 valence electrons. The Balaban J connectivity index is 2.60. The monoisotopic (exact) mass is 358 g/mol. The van der Waals surface area contributed by atoms with Gasteiger partial charge in [0.05, 0.1) is 18.1 Å². The first-order valence-electron chi connectivity index (χ1n) is 6.84. The van der Waals surface area contributed by atoms with Gasteiger partial charge in [0.1, 0.15) is 0 Å². The van der Waals surface area contributed by atoms with Crippen LogP contribution in [0.2, 0.25) is 0 Å². The number of carbonyl (C=O) groups is 1. The van der Waals surface area contributed by atoms with Crippen LogP contribution in [0.15, 0.2) is 16.6 Å². The van der Waals surface area contributed by atoms with Crippen molar-refractivity contribution in [1.82, 2.24) is 10.2 Å². The molecular weight excluding hydrogens is 336 g/mol. The number of ether oxygens (including phenoxy) is 1. The lowest BCUT2D eigenvalue weighted by Crippen LogP contribution is -2.36. The standard InChI is InChI=1S/C15H23BrN2O3/c1-10(2)7-17-14(19)9-18(3)8-11-5-12(16)15(20)13(6-11)21-4/h5-6,10,20H,7-9H2,1-4H3,(H,17,19). The lowest BCUT2D eigenvalue weighted by molar-refractivity contribution is -0.122. The molecule has 0 aliphatic heterocycles. The van der Waals surface area contributed by atoms with Crippen molar-refractivity contribution in [3.8, 4) is 11.5 Å². The number of phenols is 1. The van der Waals surface area contributed by atoms with Crippen LogP contribution < -0.4 is 10.1 Å². The van der Waals surface area contributed by atoms with E-state index >= 15 is 0 Å². The van der Waals surface area contributed by atoms with Crippen LogP contribution in [-0.2, 0) is 11.3 Å². The van der Waals surface area contributed by atoms with Gasteiger partial charge in [0.25, 0.3) is 0 Å². The number of nitrogens with zero attached hydrogens (tertiary/aromatic N) is 1. The van der Waals surface area contributed by atoms with E-state index in [1.807, 2.05) is 18.0 Å². The van der Waals surface area contributed by atoms with Crippen LogP contribution in [0.1, 0.15) is 19.4 Å². The van der Waals surface area contributed by atoms with Crippen molar-refractivity contribution in [1.29, 1.82) is 0 Å². The van der Waals surface area contributed by atoms with Crippen molar-refractivity contribution >= 4 is 21.8 Å². The van der Waals surface area contributed by atoms with Crippen LogP contribution in [0.25, 0.3) is 0 Å². The summed E-state index contributed by atoms with van der Waals surface area (Å²) in [6.45, 7) is 5.72. The van der Waals surface area contributed by atoms with E-state index in [0.29, 0.717) is 35.8 Å². The highest BCUT2D eigenvalue weighted by Crippen LogP contribution is 2.35. The summed E-state index contributed by atoms with van der Waals surface area (Å²) in [6, 6.07) is 3.59. The molecule has 21 heavy (non-hydrogen) atoms. The maximum atomic E-state index is 11.8. The average molecular weight is 359 g/mol. The Bertz CT molecular complexity index is 492. The van der Waals surface area contributed by atoms with Crippen LogP contribution in [-0.4, -0.2) is 43.2 Å². The zero-order valence-electron chi connectivity index (χ0n) is 12.9. The van der Waals surface area contributed by atoms with E-state index in [4.69, 9.17) is 4.74 Å². The van der Waals surface area contributed by atoms with Gasteiger partial charge in [-0.25, -0.2) is 0 Å². The molecule has 0 atom stereocenters. The quantitative estimate of drug-likeness (QED) is 0.785. The van der Waals surface area contributed by atoms with E-state index < -0.39 is 0 Å². The van der Waals surface area contributed by atoms with Crippen molar-refractivity contribution in [3.63, 3.8) is 0 Å². The Hall–Kier alpha value is -1.27. The molecule has 1 rings (SSSR count). The highest BCUT2D eigenvalue weighted by atomic mass is 79.9. The van der Waals surface area contributed by atoms with E-state index in [2.05, 4.69) is 35.1 Å². The number of phenolic OH excluding ortho intramolecular Hbond substituents is 1. The molecule has 0 radical (unpaired) electrons. The van der Waals surface area contributed by atoms with Crippen molar-refractivity contribution in [2.75, 3.05) is 27.2 Å². The highest BCUT2D eigenvalue weighted by molar-refractivity contribution is 9.10. The molecule has 0 spiro atoms. The lowest BCUT2D eigenvalue weighted by atomic mass is 10.2. The van der Waals surface area contributed by atoms with Gasteiger partial charge in [0, 0.05) is 13.1 Å². The number of carbonyl (C=O) groups excluding carboxylic acids is 1. The Morgan fingerprint density at radius 1 is 1.48 bits per heavy atom. The Morgan fingerprint density at radius 3 is 2.71 bits per heavy atom. The van der Waals surface area contributed by atoms with Gasteiger partial charge in [-0.15, -0.1) is 0 Å². The zero-order valence-corrected chi connectivity index (χ0v) is 14.5. The summed E-state index contributed by atoms with van der Waals surface area (Å²) in [4.78, 5) is 13.7. The summed E-state index contributed by atoms with van der Waals surface area (Å²) in [5, 5.41) is 12.7. The van der Waals surface area contributed by atoms with Gasteiger partial charge in [-0.05, 0) is 46.6 Å². The van der Waals surface area contributed by atoms with E-state index in [1.165, 1.54) is 7.11 Å².